The average Bonchev–Trinajstić information content (AvgIpc) is 3.11. The van der Waals surface area contributed by atoms with Crippen molar-refractivity contribution in [1.82, 2.24) is 10.6 Å². The van der Waals surface area contributed by atoms with Crippen LogP contribution in [0.3, 0.4) is 0 Å². The van der Waals surface area contributed by atoms with E-state index < -0.39 is 10.8 Å². The first-order chi connectivity index (χ1) is 11.8. The van der Waals surface area contributed by atoms with Crippen molar-refractivity contribution in [3.63, 3.8) is 0 Å². The van der Waals surface area contributed by atoms with E-state index in [0.29, 0.717) is 18.1 Å². The van der Waals surface area contributed by atoms with Gasteiger partial charge >= 0.3 is 0 Å². The van der Waals surface area contributed by atoms with Gasteiger partial charge < -0.3 is 10.6 Å². The molecule has 0 heterocycles. The minimum absolute atomic E-state index is 0.621. The van der Waals surface area contributed by atoms with Crippen molar-refractivity contribution in [2.24, 2.45) is 10.9 Å². The zero-order chi connectivity index (χ0) is 17.0. The van der Waals surface area contributed by atoms with Crippen molar-refractivity contribution < 1.29 is 4.21 Å². The Balaban J connectivity index is 1.55. The van der Waals surface area contributed by atoms with Crippen LogP contribution in [0.4, 0.5) is 0 Å². The number of rotatable bonds is 9. The molecule has 1 saturated carbocycles. The molecule has 1 aliphatic carbocycles. The molecule has 0 aliphatic heterocycles. The van der Waals surface area contributed by atoms with Crippen LogP contribution in [0, 0.1) is 5.92 Å². The van der Waals surface area contributed by atoms with Crippen molar-refractivity contribution in [2.45, 2.75) is 44.3 Å². The van der Waals surface area contributed by atoms with E-state index in [1.807, 2.05) is 30.3 Å². The van der Waals surface area contributed by atoms with Crippen molar-refractivity contribution in [1.29, 1.82) is 0 Å². The lowest BCUT2D eigenvalue weighted by atomic mass is 10.0. The molecule has 2 N–H and O–H groups in total. The van der Waals surface area contributed by atoms with Crippen molar-refractivity contribution >= 4 is 16.8 Å². The lowest BCUT2D eigenvalue weighted by Gasteiger charge is -2.13. The van der Waals surface area contributed by atoms with E-state index in [-0.39, 0.29) is 0 Å². The molecule has 5 heteroatoms. The molecule has 1 unspecified atom stereocenters. The monoisotopic (exact) mass is 349 g/mol. The topological polar surface area (TPSA) is 53.5 Å². The molecular formula is C19H31N3OS. The third-order valence-corrected chi connectivity index (χ3v) is 5.89. The van der Waals surface area contributed by atoms with Crippen molar-refractivity contribution in [3.8, 4) is 0 Å². The van der Waals surface area contributed by atoms with E-state index in [4.69, 9.17) is 0 Å². The number of nitrogens with zero attached hydrogens (tertiary/aromatic N) is 1. The van der Waals surface area contributed by atoms with Gasteiger partial charge in [-0.1, -0.05) is 56.0 Å². The molecule has 0 saturated heterocycles. The highest BCUT2D eigenvalue weighted by Crippen LogP contribution is 2.28. The third-order valence-electron chi connectivity index (χ3n) is 4.57. The molecule has 0 spiro atoms. The van der Waals surface area contributed by atoms with Crippen LogP contribution < -0.4 is 10.6 Å². The smallest absolute Gasteiger partial charge is 0.191 e. The maximum absolute atomic E-state index is 12.1. The van der Waals surface area contributed by atoms with Gasteiger partial charge in [-0.3, -0.25) is 9.20 Å². The summed E-state index contributed by atoms with van der Waals surface area (Å²) in [7, 11) is 0.941. The largest absolute Gasteiger partial charge is 0.356 e. The molecule has 1 atom stereocenters. The van der Waals surface area contributed by atoms with Crippen LogP contribution in [0.15, 0.2) is 35.3 Å². The van der Waals surface area contributed by atoms with Gasteiger partial charge in [0.05, 0.1) is 0 Å². The number of nitrogens with one attached hydrogen (secondary N) is 2. The Morgan fingerprint density at radius 3 is 2.58 bits per heavy atom. The minimum atomic E-state index is -0.844. The summed E-state index contributed by atoms with van der Waals surface area (Å²) in [6.07, 6.45) is 8.19. The van der Waals surface area contributed by atoms with E-state index >= 15 is 0 Å². The fourth-order valence-electron chi connectivity index (χ4n) is 3.23. The van der Waals surface area contributed by atoms with E-state index in [2.05, 4.69) is 15.6 Å². The van der Waals surface area contributed by atoms with E-state index in [0.717, 1.165) is 24.0 Å². The quantitative estimate of drug-likeness (QED) is 0.409. The first kappa shape index (κ1) is 19.0. The van der Waals surface area contributed by atoms with Crippen LogP contribution in [0.2, 0.25) is 0 Å². The van der Waals surface area contributed by atoms with Gasteiger partial charge in [0.2, 0.25) is 0 Å². The predicted octanol–water partition coefficient (Wildman–Crippen LogP) is 3.07. The molecule has 1 aromatic rings. The summed E-state index contributed by atoms with van der Waals surface area (Å²) in [6, 6.07) is 10.0. The Labute approximate surface area is 149 Å². The predicted molar refractivity (Wildman–Crippen MR) is 104 cm³/mol. The van der Waals surface area contributed by atoms with E-state index in [1.165, 1.54) is 38.5 Å². The second-order valence-corrected chi connectivity index (χ2v) is 8.07. The highest BCUT2D eigenvalue weighted by molar-refractivity contribution is 7.84. The molecule has 2 rings (SSSR count). The lowest BCUT2D eigenvalue weighted by molar-refractivity contribution is 0.481. The molecule has 24 heavy (non-hydrogen) atoms. The highest BCUT2D eigenvalue weighted by atomic mass is 32.2. The Hall–Kier alpha value is -1.36. The van der Waals surface area contributed by atoms with Crippen LogP contribution in [0.1, 0.15) is 44.1 Å². The lowest BCUT2D eigenvalue weighted by Crippen LogP contribution is -2.39. The van der Waals surface area contributed by atoms with E-state index in [1.54, 1.807) is 7.05 Å². The number of aliphatic imine (C=N–C) groups is 1. The van der Waals surface area contributed by atoms with Gasteiger partial charge in [0, 0.05) is 42.4 Å². The van der Waals surface area contributed by atoms with Gasteiger partial charge in [0.15, 0.2) is 5.96 Å². The van der Waals surface area contributed by atoms with Crippen LogP contribution in [0.25, 0.3) is 0 Å². The number of benzene rings is 1. The fourth-order valence-corrected chi connectivity index (χ4v) is 4.27. The average molecular weight is 350 g/mol. The van der Waals surface area contributed by atoms with Gasteiger partial charge in [-0.25, -0.2) is 0 Å². The van der Waals surface area contributed by atoms with Gasteiger partial charge in [0.1, 0.15) is 0 Å². The SMILES string of the molecule is CN=C(NCCCC1CCCC1)NCCS(=O)Cc1ccccc1. The molecule has 134 valence electrons. The molecule has 0 amide bonds. The molecule has 4 nitrogen and oxygen atoms in total. The summed E-state index contributed by atoms with van der Waals surface area (Å²) in [5, 5.41) is 6.62. The molecule has 1 fully saturated rings. The second-order valence-electron chi connectivity index (χ2n) is 6.49. The maximum atomic E-state index is 12.1. The molecule has 0 aromatic heterocycles. The Morgan fingerprint density at radius 1 is 1.17 bits per heavy atom. The molecule has 1 aromatic carbocycles. The van der Waals surface area contributed by atoms with Crippen molar-refractivity contribution in [3.05, 3.63) is 35.9 Å². The fraction of sp³-hybridized carbons (Fsp3) is 0.632. The highest BCUT2D eigenvalue weighted by Gasteiger charge is 2.14. The number of hydrogen-bond donors (Lipinski definition) is 2. The van der Waals surface area contributed by atoms with Crippen LogP contribution in [-0.4, -0.2) is 36.1 Å². The Kier molecular flexibility index (Phi) is 8.88. The number of guanidine groups is 1. The van der Waals surface area contributed by atoms with Gasteiger partial charge in [0.25, 0.3) is 0 Å². The Morgan fingerprint density at radius 2 is 1.88 bits per heavy atom. The zero-order valence-electron chi connectivity index (χ0n) is 14.8. The normalized spacial score (nSPS) is 17.0. The summed E-state index contributed by atoms with van der Waals surface area (Å²) in [4.78, 5) is 4.23. The van der Waals surface area contributed by atoms with Crippen LogP contribution >= 0.6 is 0 Å². The van der Waals surface area contributed by atoms with Crippen molar-refractivity contribution in [2.75, 3.05) is 25.9 Å². The molecule has 1 aliphatic rings. The number of hydrogen-bond acceptors (Lipinski definition) is 2. The van der Waals surface area contributed by atoms with Gasteiger partial charge in [-0.15, -0.1) is 0 Å². The van der Waals surface area contributed by atoms with Gasteiger partial charge in [-0.05, 0) is 24.3 Å². The summed E-state index contributed by atoms with van der Waals surface area (Å²) >= 11 is 0. The first-order valence-electron chi connectivity index (χ1n) is 9.11. The molecule has 0 radical (unpaired) electrons. The van der Waals surface area contributed by atoms with Crippen LogP contribution in [0.5, 0.6) is 0 Å². The molecule has 0 bridgehead atoms. The minimum Gasteiger partial charge on any atom is -0.356 e. The third kappa shape index (κ3) is 7.47. The van der Waals surface area contributed by atoms with E-state index in [9.17, 15) is 4.21 Å². The zero-order valence-corrected chi connectivity index (χ0v) is 15.6. The van der Waals surface area contributed by atoms with Gasteiger partial charge in [-0.2, -0.15) is 0 Å². The first-order valence-corrected chi connectivity index (χ1v) is 10.6. The maximum Gasteiger partial charge on any atom is 0.191 e. The second kappa shape index (κ2) is 11.2. The summed E-state index contributed by atoms with van der Waals surface area (Å²) < 4.78 is 12.1. The standard InChI is InChI=1S/C19H31N3OS/c1-20-19(21-13-7-12-17-8-5-6-9-17)22-14-15-24(23)16-18-10-3-2-4-11-18/h2-4,10-11,17H,5-9,12-16H2,1H3,(H2,20,21,22). The summed E-state index contributed by atoms with van der Waals surface area (Å²) in [6.45, 7) is 1.64. The Bertz CT molecular complexity index is 513. The molecular weight excluding hydrogens is 318 g/mol. The summed E-state index contributed by atoms with van der Waals surface area (Å²) in [5.41, 5.74) is 1.13. The summed E-state index contributed by atoms with van der Waals surface area (Å²) in [5.74, 6) is 3.02. The van der Waals surface area contributed by atoms with Crippen LogP contribution in [-0.2, 0) is 16.6 Å².